The molecule has 0 bridgehead atoms. The van der Waals surface area contributed by atoms with Gasteiger partial charge in [-0.05, 0) is 74.3 Å². The Hall–Kier alpha value is -3.42. The predicted octanol–water partition coefficient (Wildman–Crippen LogP) is 4.96. The van der Waals surface area contributed by atoms with E-state index in [1.165, 1.54) is 5.56 Å². The average molecular weight is 398 g/mol. The highest BCUT2D eigenvalue weighted by molar-refractivity contribution is 6.04. The summed E-state index contributed by atoms with van der Waals surface area (Å²) in [6, 6.07) is 21.4. The zero-order chi connectivity index (χ0) is 21.3. The first-order valence-electron chi connectivity index (χ1n) is 10.2. The Kier molecular flexibility index (Phi) is 7.37. The molecule has 0 aliphatic carbocycles. The SMILES string of the molecule is CCN(Cc1ccc(C(=O)Nc2cccc(C#Cc3ccccn3)c2)cc1)C(C)C. The van der Waals surface area contributed by atoms with Crippen LogP contribution < -0.4 is 5.32 Å². The topological polar surface area (TPSA) is 45.2 Å². The number of aromatic nitrogens is 1. The minimum absolute atomic E-state index is 0.132. The van der Waals surface area contributed by atoms with E-state index in [1.807, 2.05) is 66.7 Å². The van der Waals surface area contributed by atoms with E-state index in [9.17, 15) is 4.79 Å². The van der Waals surface area contributed by atoms with Crippen LogP contribution in [0.3, 0.4) is 0 Å². The van der Waals surface area contributed by atoms with E-state index >= 15 is 0 Å². The predicted molar refractivity (Wildman–Crippen MR) is 122 cm³/mol. The maximum absolute atomic E-state index is 12.6. The molecule has 0 aliphatic rings. The van der Waals surface area contributed by atoms with Crippen molar-refractivity contribution in [1.82, 2.24) is 9.88 Å². The summed E-state index contributed by atoms with van der Waals surface area (Å²) >= 11 is 0. The van der Waals surface area contributed by atoms with Crippen LogP contribution in [0.1, 0.15) is 48.0 Å². The lowest BCUT2D eigenvalue weighted by Gasteiger charge is -2.24. The van der Waals surface area contributed by atoms with Crippen molar-refractivity contribution in [3.63, 3.8) is 0 Å². The molecule has 0 fully saturated rings. The van der Waals surface area contributed by atoms with Gasteiger partial charge in [0.05, 0.1) is 0 Å². The summed E-state index contributed by atoms with van der Waals surface area (Å²) in [5.41, 5.74) is 4.09. The van der Waals surface area contributed by atoms with Crippen LogP contribution in [0.15, 0.2) is 72.9 Å². The van der Waals surface area contributed by atoms with Gasteiger partial charge in [0.2, 0.25) is 0 Å². The maximum Gasteiger partial charge on any atom is 0.255 e. The fraction of sp³-hybridized carbons (Fsp3) is 0.231. The second-order valence-corrected chi connectivity index (χ2v) is 7.35. The van der Waals surface area contributed by atoms with Gasteiger partial charge in [-0.2, -0.15) is 0 Å². The molecule has 0 spiro atoms. The Morgan fingerprint density at radius 2 is 1.83 bits per heavy atom. The van der Waals surface area contributed by atoms with E-state index in [0.717, 1.165) is 18.7 Å². The summed E-state index contributed by atoms with van der Waals surface area (Å²) in [7, 11) is 0. The lowest BCUT2D eigenvalue weighted by Crippen LogP contribution is -2.29. The van der Waals surface area contributed by atoms with Crippen molar-refractivity contribution >= 4 is 11.6 Å². The summed E-state index contributed by atoms with van der Waals surface area (Å²) in [5.74, 6) is 5.98. The van der Waals surface area contributed by atoms with Crippen LogP contribution in [0.2, 0.25) is 0 Å². The van der Waals surface area contributed by atoms with Crippen molar-refractivity contribution in [2.75, 3.05) is 11.9 Å². The first-order chi connectivity index (χ1) is 14.5. The standard InChI is InChI=1S/C26H27N3O/c1-4-29(20(2)3)19-22-11-14-23(15-12-22)26(30)28-25-10-7-8-21(18-25)13-16-24-9-5-6-17-27-24/h5-12,14-15,17-18,20H,4,19H2,1-3H3,(H,28,30). The number of anilines is 1. The molecule has 1 N–H and O–H groups in total. The highest BCUT2D eigenvalue weighted by atomic mass is 16.1. The monoisotopic (exact) mass is 397 g/mol. The second-order valence-electron chi connectivity index (χ2n) is 7.35. The van der Waals surface area contributed by atoms with Crippen LogP contribution in [0.4, 0.5) is 5.69 Å². The number of pyridine rings is 1. The molecule has 3 rings (SSSR count). The first kappa shape index (κ1) is 21.3. The number of hydrogen-bond acceptors (Lipinski definition) is 3. The largest absolute Gasteiger partial charge is 0.322 e. The van der Waals surface area contributed by atoms with Crippen LogP contribution in [0.5, 0.6) is 0 Å². The molecule has 0 saturated heterocycles. The third-order valence-electron chi connectivity index (χ3n) is 4.86. The van der Waals surface area contributed by atoms with E-state index in [0.29, 0.717) is 23.0 Å². The lowest BCUT2D eigenvalue weighted by molar-refractivity contribution is 0.102. The molecule has 0 aliphatic heterocycles. The Balaban J connectivity index is 1.65. The van der Waals surface area contributed by atoms with Gasteiger partial charge in [0.25, 0.3) is 5.91 Å². The van der Waals surface area contributed by atoms with Gasteiger partial charge in [-0.25, -0.2) is 4.98 Å². The molecule has 0 saturated carbocycles. The first-order valence-corrected chi connectivity index (χ1v) is 10.2. The van der Waals surface area contributed by atoms with Crippen molar-refractivity contribution in [3.8, 4) is 11.8 Å². The molecule has 1 heterocycles. The number of hydrogen-bond donors (Lipinski definition) is 1. The molecule has 0 unspecified atom stereocenters. The van der Waals surface area contributed by atoms with E-state index in [4.69, 9.17) is 0 Å². The number of amides is 1. The third kappa shape index (κ3) is 6.04. The summed E-state index contributed by atoms with van der Waals surface area (Å²) in [6.45, 7) is 8.43. The molecule has 4 nitrogen and oxygen atoms in total. The quantitative estimate of drug-likeness (QED) is 0.598. The Morgan fingerprint density at radius 1 is 1.03 bits per heavy atom. The van der Waals surface area contributed by atoms with E-state index in [-0.39, 0.29) is 5.91 Å². The van der Waals surface area contributed by atoms with E-state index in [1.54, 1.807) is 6.20 Å². The van der Waals surface area contributed by atoms with Gasteiger partial charge < -0.3 is 5.32 Å². The maximum atomic E-state index is 12.6. The van der Waals surface area contributed by atoms with Crippen LogP contribution in [0.25, 0.3) is 0 Å². The Labute approximate surface area is 179 Å². The van der Waals surface area contributed by atoms with Gasteiger partial charge in [-0.15, -0.1) is 0 Å². The molecule has 0 radical (unpaired) electrons. The molecule has 30 heavy (non-hydrogen) atoms. The molecular weight excluding hydrogens is 370 g/mol. The van der Waals surface area contributed by atoms with E-state index in [2.05, 4.69) is 47.8 Å². The molecule has 0 atom stereocenters. The van der Waals surface area contributed by atoms with Gasteiger partial charge in [0.1, 0.15) is 5.69 Å². The van der Waals surface area contributed by atoms with Gasteiger partial charge in [0, 0.05) is 35.6 Å². The summed E-state index contributed by atoms with van der Waals surface area (Å²) < 4.78 is 0. The fourth-order valence-electron chi connectivity index (χ4n) is 3.11. The molecule has 2 aromatic carbocycles. The van der Waals surface area contributed by atoms with Crippen molar-refractivity contribution in [3.05, 3.63) is 95.3 Å². The number of carbonyl (C=O) groups excluding carboxylic acids is 1. The average Bonchev–Trinajstić information content (AvgIpc) is 2.77. The van der Waals surface area contributed by atoms with Crippen molar-refractivity contribution in [2.24, 2.45) is 0 Å². The van der Waals surface area contributed by atoms with Gasteiger partial charge in [0.15, 0.2) is 0 Å². The highest BCUT2D eigenvalue weighted by Crippen LogP contribution is 2.14. The number of benzene rings is 2. The van der Waals surface area contributed by atoms with Gasteiger partial charge in [-0.1, -0.05) is 37.1 Å². The summed E-state index contributed by atoms with van der Waals surface area (Å²) in [5, 5.41) is 2.95. The Morgan fingerprint density at radius 3 is 2.50 bits per heavy atom. The molecule has 152 valence electrons. The molecule has 4 heteroatoms. The molecular formula is C26H27N3O. The van der Waals surface area contributed by atoms with E-state index < -0.39 is 0 Å². The minimum Gasteiger partial charge on any atom is -0.322 e. The van der Waals surface area contributed by atoms with Crippen LogP contribution in [0, 0.1) is 11.8 Å². The third-order valence-corrected chi connectivity index (χ3v) is 4.86. The fourth-order valence-corrected chi connectivity index (χ4v) is 3.11. The zero-order valence-corrected chi connectivity index (χ0v) is 17.7. The number of nitrogens with one attached hydrogen (secondary N) is 1. The van der Waals surface area contributed by atoms with Crippen LogP contribution in [-0.4, -0.2) is 28.4 Å². The number of carbonyl (C=O) groups is 1. The number of rotatable bonds is 6. The smallest absolute Gasteiger partial charge is 0.255 e. The van der Waals surface area contributed by atoms with Crippen LogP contribution in [-0.2, 0) is 6.54 Å². The zero-order valence-electron chi connectivity index (χ0n) is 17.7. The highest BCUT2D eigenvalue weighted by Gasteiger charge is 2.10. The van der Waals surface area contributed by atoms with Gasteiger partial charge >= 0.3 is 0 Å². The van der Waals surface area contributed by atoms with Crippen LogP contribution >= 0.6 is 0 Å². The normalized spacial score (nSPS) is 10.6. The molecule has 3 aromatic rings. The number of nitrogens with zero attached hydrogens (tertiary/aromatic N) is 2. The summed E-state index contributed by atoms with van der Waals surface area (Å²) in [4.78, 5) is 19.2. The minimum atomic E-state index is -0.132. The van der Waals surface area contributed by atoms with Crippen molar-refractivity contribution in [1.29, 1.82) is 0 Å². The van der Waals surface area contributed by atoms with Gasteiger partial charge in [-0.3, -0.25) is 9.69 Å². The lowest BCUT2D eigenvalue weighted by atomic mass is 10.1. The summed E-state index contributed by atoms with van der Waals surface area (Å²) in [6.07, 6.45) is 1.72. The molecule has 1 amide bonds. The van der Waals surface area contributed by atoms with Crippen molar-refractivity contribution in [2.45, 2.75) is 33.4 Å². The molecule has 1 aromatic heterocycles. The Bertz CT molecular complexity index is 1030. The second kappa shape index (κ2) is 10.4. The van der Waals surface area contributed by atoms with Crippen molar-refractivity contribution < 1.29 is 4.79 Å².